The van der Waals surface area contributed by atoms with E-state index in [0.29, 0.717) is 13.0 Å². The van der Waals surface area contributed by atoms with Crippen LogP contribution in [0.5, 0.6) is 0 Å². The monoisotopic (exact) mass is 257 g/mol. The molecular formula is C11H19N3O2S. The summed E-state index contributed by atoms with van der Waals surface area (Å²) in [5, 5.41) is 4.35. The van der Waals surface area contributed by atoms with Crippen molar-refractivity contribution in [3.05, 3.63) is 17.5 Å². The Morgan fingerprint density at radius 3 is 2.76 bits per heavy atom. The van der Waals surface area contributed by atoms with Crippen LogP contribution in [0.3, 0.4) is 0 Å². The average Bonchev–Trinajstić information content (AvgIpc) is 2.79. The van der Waals surface area contributed by atoms with Crippen LogP contribution in [0.4, 0.5) is 0 Å². The van der Waals surface area contributed by atoms with Crippen molar-refractivity contribution < 1.29 is 8.42 Å². The van der Waals surface area contributed by atoms with Gasteiger partial charge in [0.05, 0.1) is 23.2 Å². The number of nitrogens with two attached hydrogens (primary N) is 1. The van der Waals surface area contributed by atoms with Crippen molar-refractivity contribution in [2.45, 2.75) is 38.8 Å². The predicted octanol–water partition coefficient (Wildman–Crippen LogP) is 0.438. The first-order valence-corrected chi connectivity index (χ1v) is 7.71. The maximum atomic E-state index is 11.6. The van der Waals surface area contributed by atoms with Gasteiger partial charge in [-0.25, -0.2) is 8.42 Å². The summed E-state index contributed by atoms with van der Waals surface area (Å²) in [4.78, 5) is 0. The van der Waals surface area contributed by atoms with Crippen LogP contribution in [0.15, 0.2) is 6.20 Å². The van der Waals surface area contributed by atoms with Crippen LogP contribution in [-0.4, -0.2) is 29.7 Å². The molecule has 0 amide bonds. The van der Waals surface area contributed by atoms with E-state index < -0.39 is 15.4 Å². The van der Waals surface area contributed by atoms with Crippen LogP contribution in [-0.2, 0) is 28.3 Å². The summed E-state index contributed by atoms with van der Waals surface area (Å²) in [5.41, 5.74) is 7.33. The lowest BCUT2D eigenvalue weighted by molar-refractivity contribution is 0.318. The van der Waals surface area contributed by atoms with Crippen molar-refractivity contribution in [3.8, 4) is 0 Å². The summed E-state index contributed by atoms with van der Waals surface area (Å²) in [7, 11) is -2.92. The fourth-order valence-electron chi connectivity index (χ4n) is 2.58. The first-order valence-electron chi connectivity index (χ1n) is 5.88. The standard InChI is InChI=1S/C11H19N3O2S/c1-3-10-9(6-12)7-13-14(10)11(2)4-5-17(15,16)8-11/h7H,3-6,8,12H2,1-2H3. The van der Waals surface area contributed by atoms with Crippen LogP contribution in [0.2, 0.25) is 0 Å². The van der Waals surface area contributed by atoms with Gasteiger partial charge in [0.15, 0.2) is 9.84 Å². The Labute approximate surface area is 102 Å². The Morgan fingerprint density at radius 1 is 1.59 bits per heavy atom. The van der Waals surface area contributed by atoms with Crippen LogP contribution in [0, 0.1) is 0 Å². The Balaban J connectivity index is 2.44. The molecule has 1 aliphatic rings. The minimum atomic E-state index is -2.92. The van der Waals surface area contributed by atoms with E-state index in [1.807, 2.05) is 18.5 Å². The fraction of sp³-hybridized carbons (Fsp3) is 0.727. The van der Waals surface area contributed by atoms with Crippen LogP contribution in [0.1, 0.15) is 31.5 Å². The van der Waals surface area contributed by atoms with Crippen LogP contribution in [0.25, 0.3) is 0 Å². The zero-order valence-corrected chi connectivity index (χ0v) is 11.1. The SMILES string of the molecule is CCc1c(CN)cnn1C1(C)CCS(=O)(=O)C1. The van der Waals surface area contributed by atoms with Crippen molar-refractivity contribution in [1.29, 1.82) is 0 Å². The topological polar surface area (TPSA) is 78.0 Å². The first kappa shape index (κ1) is 12.6. The van der Waals surface area contributed by atoms with Crippen molar-refractivity contribution in [3.63, 3.8) is 0 Å². The molecule has 1 aromatic heterocycles. The number of nitrogens with zero attached hydrogens (tertiary/aromatic N) is 2. The van der Waals surface area contributed by atoms with E-state index in [0.717, 1.165) is 17.7 Å². The molecule has 17 heavy (non-hydrogen) atoms. The molecule has 0 aromatic carbocycles. The van der Waals surface area contributed by atoms with Gasteiger partial charge >= 0.3 is 0 Å². The highest BCUT2D eigenvalue weighted by Gasteiger charge is 2.41. The van der Waals surface area contributed by atoms with Crippen LogP contribution < -0.4 is 5.73 Å². The van der Waals surface area contributed by atoms with Gasteiger partial charge in [-0.05, 0) is 19.8 Å². The second-order valence-electron chi connectivity index (χ2n) is 4.92. The van der Waals surface area contributed by atoms with Crippen LogP contribution >= 0.6 is 0 Å². The van der Waals surface area contributed by atoms with Gasteiger partial charge in [0.2, 0.25) is 0 Å². The molecule has 1 fully saturated rings. The van der Waals surface area contributed by atoms with Gasteiger partial charge in [-0.2, -0.15) is 5.10 Å². The molecule has 1 aliphatic heterocycles. The van der Waals surface area contributed by atoms with Gasteiger partial charge in [0.25, 0.3) is 0 Å². The summed E-state index contributed by atoms with van der Waals surface area (Å²) in [6, 6.07) is 0. The molecule has 5 nitrogen and oxygen atoms in total. The smallest absolute Gasteiger partial charge is 0.152 e. The summed E-state index contributed by atoms with van der Waals surface area (Å²) in [5.74, 6) is 0.434. The number of hydrogen-bond acceptors (Lipinski definition) is 4. The average molecular weight is 257 g/mol. The summed E-state index contributed by atoms with van der Waals surface area (Å²) in [6.07, 6.45) is 3.21. The van der Waals surface area contributed by atoms with E-state index in [1.165, 1.54) is 0 Å². The maximum absolute atomic E-state index is 11.6. The third kappa shape index (κ3) is 2.11. The highest BCUT2D eigenvalue weighted by Crippen LogP contribution is 2.32. The third-order valence-electron chi connectivity index (χ3n) is 3.50. The molecule has 1 atom stereocenters. The Bertz CT molecular complexity index is 521. The molecule has 0 saturated carbocycles. The fourth-order valence-corrected chi connectivity index (χ4v) is 4.69. The van der Waals surface area contributed by atoms with Crippen molar-refractivity contribution >= 4 is 9.84 Å². The lowest BCUT2D eigenvalue weighted by atomic mass is 10.0. The molecule has 1 saturated heterocycles. The maximum Gasteiger partial charge on any atom is 0.152 e. The Morgan fingerprint density at radius 2 is 2.29 bits per heavy atom. The summed E-state index contributed by atoms with van der Waals surface area (Å²) in [6.45, 7) is 4.45. The highest BCUT2D eigenvalue weighted by atomic mass is 32.2. The summed E-state index contributed by atoms with van der Waals surface area (Å²) >= 11 is 0. The molecule has 96 valence electrons. The molecule has 0 bridgehead atoms. The number of aromatic nitrogens is 2. The second kappa shape index (κ2) is 4.10. The molecule has 0 radical (unpaired) electrons. The zero-order valence-electron chi connectivity index (χ0n) is 10.3. The Kier molecular flexibility index (Phi) is 3.03. The molecule has 2 rings (SSSR count). The minimum absolute atomic E-state index is 0.179. The molecule has 0 spiro atoms. The summed E-state index contributed by atoms with van der Waals surface area (Å²) < 4.78 is 25.1. The molecule has 2 N–H and O–H groups in total. The molecule has 6 heteroatoms. The lowest BCUT2D eigenvalue weighted by Crippen LogP contribution is -2.34. The van der Waals surface area contributed by atoms with Crippen molar-refractivity contribution in [2.24, 2.45) is 5.73 Å². The predicted molar refractivity (Wildman–Crippen MR) is 66.4 cm³/mol. The van der Waals surface area contributed by atoms with E-state index in [4.69, 9.17) is 5.73 Å². The van der Waals surface area contributed by atoms with Gasteiger partial charge < -0.3 is 5.73 Å². The quantitative estimate of drug-likeness (QED) is 0.852. The zero-order chi connectivity index (χ0) is 12.7. The molecule has 1 aromatic rings. The number of rotatable bonds is 3. The molecular weight excluding hydrogens is 238 g/mol. The van der Waals surface area contributed by atoms with E-state index in [1.54, 1.807) is 6.20 Å². The third-order valence-corrected chi connectivity index (χ3v) is 5.39. The number of hydrogen-bond donors (Lipinski definition) is 1. The van der Waals surface area contributed by atoms with E-state index >= 15 is 0 Å². The van der Waals surface area contributed by atoms with Crippen molar-refractivity contribution in [2.75, 3.05) is 11.5 Å². The second-order valence-corrected chi connectivity index (χ2v) is 7.11. The normalized spacial score (nSPS) is 27.5. The Hall–Kier alpha value is -0.880. The van der Waals surface area contributed by atoms with Gasteiger partial charge in [-0.1, -0.05) is 6.92 Å². The van der Waals surface area contributed by atoms with Gasteiger partial charge in [-0.3, -0.25) is 4.68 Å². The minimum Gasteiger partial charge on any atom is -0.326 e. The van der Waals surface area contributed by atoms with E-state index in [-0.39, 0.29) is 11.5 Å². The lowest BCUT2D eigenvalue weighted by Gasteiger charge is -2.25. The molecule has 1 unspecified atom stereocenters. The highest BCUT2D eigenvalue weighted by molar-refractivity contribution is 7.91. The van der Waals surface area contributed by atoms with Crippen molar-refractivity contribution in [1.82, 2.24) is 9.78 Å². The van der Waals surface area contributed by atoms with E-state index in [9.17, 15) is 8.42 Å². The molecule has 2 heterocycles. The van der Waals surface area contributed by atoms with Gasteiger partial charge in [0.1, 0.15) is 0 Å². The van der Waals surface area contributed by atoms with E-state index in [2.05, 4.69) is 5.10 Å². The largest absolute Gasteiger partial charge is 0.326 e. The van der Waals surface area contributed by atoms with Gasteiger partial charge in [-0.15, -0.1) is 0 Å². The molecule has 0 aliphatic carbocycles. The number of sulfone groups is 1. The first-order chi connectivity index (χ1) is 7.92. The van der Waals surface area contributed by atoms with Gasteiger partial charge in [0, 0.05) is 17.8 Å².